The molecule has 1 aromatic rings. The van der Waals surface area contributed by atoms with Gasteiger partial charge in [-0.15, -0.1) is 0 Å². The lowest BCUT2D eigenvalue weighted by Gasteiger charge is -2.34. The summed E-state index contributed by atoms with van der Waals surface area (Å²) in [4.78, 5) is 13.2. The van der Waals surface area contributed by atoms with E-state index in [2.05, 4.69) is 5.32 Å². The molecule has 1 unspecified atom stereocenters. The Balaban J connectivity index is 1.91. The summed E-state index contributed by atoms with van der Waals surface area (Å²) < 4.78 is 63.4. The predicted octanol–water partition coefficient (Wildman–Crippen LogP) is 3.13. The Hall–Kier alpha value is -1.90. The summed E-state index contributed by atoms with van der Waals surface area (Å²) in [6, 6.07) is 1.86. The number of hydrogen-bond acceptors (Lipinski definition) is 2. The van der Waals surface area contributed by atoms with Crippen molar-refractivity contribution < 1.29 is 31.9 Å². The monoisotopic (exact) mass is 338 g/mol. The van der Waals surface area contributed by atoms with Crippen molar-refractivity contribution in [3.8, 4) is 0 Å². The van der Waals surface area contributed by atoms with E-state index in [1.165, 1.54) is 4.90 Å². The summed E-state index contributed by atoms with van der Waals surface area (Å²) in [7, 11) is 0. The number of rotatable bonds is 2. The molecule has 0 radical (unpaired) electrons. The number of likely N-dealkylation sites (tertiary alicyclic amines) is 1. The molecule has 0 bridgehead atoms. The van der Waals surface area contributed by atoms with Gasteiger partial charge in [0.15, 0.2) is 6.10 Å². The molecule has 9 heteroatoms. The number of benzene rings is 1. The van der Waals surface area contributed by atoms with Crippen LogP contribution in [0.25, 0.3) is 0 Å². The van der Waals surface area contributed by atoms with E-state index in [1.54, 1.807) is 0 Å². The van der Waals surface area contributed by atoms with E-state index in [-0.39, 0.29) is 31.6 Å². The van der Waals surface area contributed by atoms with Crippen LogP contribution < -0.4 is 5.32 Å². The van der Waals surface area contributed by atoms with E-state index in [0.717, 1.165) is 12.1 Å². The van der Waals surface area contributed by atoms with Gasteiger partial charge >= 0.3 is 12.2 Å². The molecule has 2 amide bonds. The lowest BCUT2D eigenvalue weighted by molar-refractivity contribution is -0.222. The van der Waals surface area contributed by atoms with Gasteiger partial charge in [-0.2, -0.15) is 13.2 Å². The Bertz CT molecular complexity index is 551. The number of alkyl halides is 3. The number of aliphatic hydroxyl groups is 1. The Morgan fingerprint density at radius 2 is 1.70 bits per heavy atom. The fourth-order valence-electron chi connectivity index (χ4n) is 2.51. The van der Waals surface area contributed by atoms with Gasteiger partial charge in [0.1, 0.15) is 11.6 Å². The van der Waals surface area contributed by atoms with Crippen LogP contribution in [-0.2, 0) is 0 Å². The van der Waals surface area contributed by atoms with E-state index in [4.69, 9.17) is 0 Å². The smallest absolute Gasteiger partial charge is 0.383 e. The van der Waals surface area contributed by atoms with Gasteiger partial charge in [0.2, 0.25) is 0 Å². The first kappa shape index (κ1) is 17.5. The van der Waals surface area contributed by atoms with Crippen molar-refractivity contribution in [3.05, 3.63) is 29.8 Å². The fourth-order valence-corrected chi connectivity index (χ4v) is 2.51. The van der Waals surface area contributed by atoms with Crippen molar-refractivity contribution in [1.82, 2.24) is 4.90 Å². The number of nitrogens with one attached hydrogen (secondary N) is 1. The number of hydrogen-bond donors (Lipinski definition) is 2. The normalized spacial score (nSPS) is 17.9. The first-order valence-corrected chi connectivity index (χ1v) is 6.93. The molecule has 23 heavy (non-hydrogen) atoms. The third-order valence-electron chi connectivity index (χ3n) is 3.72. The third-order valence-corrected chi connectivity index (χ3v) is 3.72. The molecule has 2 rings (SSSR count). The lowest BCUT2D eigenvalue weighted by atomic mass is 9.91. The zero-order valence-electron chi connectivity index (χ0n) is 11.9. The maximum Gasteiger partial charge on any atom is 0.414 e. The molecular weight excluding hydrogens is 323 g/mol. The maximum absolute atomic E-state index is 13.0. The zero-order valence-corrected chi connectivity index (χ0v) is 11.9. The van der Waals surface area contributed by atoms with Crippen molar-refractivity contribution in [2.45, 2.75) is 25.1 Å². The van der Waals surface area contributed by atoms with Gasteiger partial charge in [-0.1, -0.05) is 0 Å². The second-order valence-corrected chi connectivity index (χ2v) is 5.40. The number of carbonyl (C=O) groups excluding carboxylic acids is 1. The standard InChI is InChI=1S/C14H15F5N2O2/c15-9-5-10(16)7-11(6-9)20-13(23)21-3-1-8(2-4-21)12(22)14(17,18)19/h5-8,12,22H,1-4H2,(H,20,23). The van der Waals surface area contributed by atoms with Crippen molar-refractivity contribution >= 4 is 11.7 Å². The Morgan fingerprint density at radius 1 is 1.17 bits per heavy atom. The first-order chi connectivity index (χ1) is 10.7. The topological polar surface area (TPSA) is 52.6 Å². The van der Waals surface area contributed by atoms with Crippen LogP contribution in [0.1, 0.15) is 12.8 Å². The second kappa shape index (κ2) is 6.69. The number of amides is 2. The first-order valence-electron chi connectivity index (χ1n) is 6.93. The number of carbonyl (C=O) groups is 1. The molecule has 0 saturated carbocycles. The van der Waals surface area contributed by atoms with Crippen molar-refractivity contribution in [2.75, 3.05) is 18.4 Å². The largest absolute Gasteiger partial charge is 0.414 e. The summed E-state index contributed by atoms with van der Waals surface area (Å²) >= 11 is 0. The number of anilines is 1. The average molecular weight is 338 g/mol. The van der Waals surface area contributed by atoms with E-state index in [0.29, 0.717) is 6.07 Å². The van der Waals surface area contributed by atoms with Crippen molar-refractivity contribution in [3.63, 3.8) is 0 Å². The molecule has 128 valence electrons. The molecule has 1 aliphatic heterocycles. The molecule has 1 atom stereocenters. The Kier molecular flexibility index (Phi) is 5.08. The maximum atomic E-state index is 13.0. The summed E-state index contributed by atoms with van der Waals surface area (Å²) in [5.74, 6) is -2.68. The van der Waals surface area contributed by atoms with Crippen LogP contribution in [0.3, 0.4) is 0 Å². The van der Waals surface area contributed by atoms with Crippen LogP contribution in [-0.4, -0.2) is 41.4 Å². The molecule has 1 fully saturated rings. The minimum Gasteiger partial charge on any atom is -0.383 e. The van der Waals surface area contributed by atoms with Crippen LogP contribution in [0, 0.1) is 17.6 Å². The summed E-state index contributed by atoms with van der Waals surface area (Å²) in [6.07, 6.45) is -7.11. The van der Waals surface area contributed by atoms with Crippen LogP contribution in [0.2, 0.25) is 0 Å². The highest BCUT2D eigenvalue weighted by Crippen LogP contribution is 2.31. The quantitative estimate of drug-likeness (QED) is 0.814. The van der Waals surface area contributed by atoms with Crippen molar-refractivity contribution in [2.24, 2.45) is 5.92 Å². The van der Waals surface area contributed by atoms with E-state index < -0.39 is 35.9 Å². The van der Waals surface area contributed by atoms with Crippen LogP contribution >= 0.6 is 0 Å². The molecule has 1 saturated heterocycles. The number of urea groups is 1. The number of piperidine rings is 1. The highest BCUT2D eigenvalue weighted by molar-refractivity contribution is 5.89. The van der Waals surface area contributed by atoms with E-state index >= 15 is 0 Å². The lowest BCUT2D eigenvalue weighted by Crippen LogP contribution is -2.46. The fraction of sp³-hybridized carbons (Fsp3) is 0.500. The molecule has 0 aromatic heterocycles. The van der Waals surface area contributed by atoms with Crippen LogP contribution in [0.5, 0.6) is 0 Å². The zero-order chi connectivity index (χ0) is 17.2. The summed E-state index contributed by atoms with van der Waals surface area (Å²) in [5, 5.41) is 11.5. The summed E-state index contributed by atoms with van der Waals surface area (Å²) in [5.41, 5.74) is -0.0788. The van der Waals surface area contributed by atoms with Gasteiger partial charge in [-0.05, 0) is 30.9 Å². The predicted molar refractivity (Wildman–Crippen MR) is 71.7 cm³/mol. The van der Waals surface area contributed by atoms with E-state index in [9.17, 15) is 31.9 Å². The van der Waals surface area contributed by atoms with Crippen LogP contribution in [0.4, 0.5) is 32.4 Å². The highest BCUT2D eigenvalue weighted by atomic mass is 19.4. The molecule has 2 N–H and O–H groups in total. The highest BCUT2D eigenvalue weighted by Gasteiger charge is 2.44. The molecule has 1 aliphatic rings. The van der Waals surface area contributed by atoms with Crippen LogP contribution in [0.15, 0.2) is 18.2 Å². The van der Waals surface area contributed by atoms with Crippen molar-refractivity contribution in [1.29, 1.82) is 0 Å². The van der Waals surface area contributed by atoms with Gasteiger partial charge in [0.05, 0.1) is 0 Å². The molecule has 1 heterocycles. The minimum atomic E-state index is -4.69. The Morgan fingerprint density at radius 3 is 2.17 bits per heavy atom. The Labute approximate surface area is 128 Å². The van der Waals surface area contributed by atoms with Gasteiger partial charge in [-0.3, -0.25) is 0 Å². The van der Waals surface area contributed by atoms with Gasteiger partial charge in [0.25, 0.3) is 0 Å². The molecular formula is C14H15F5N2O2. The number of nitrogens with zero attached hydrogens (tertiary/aromatic N) is 1. The second-order valence-electron chi connectivity index (χ2n) is 5.40. The number of aliphatic hydroxyl groups excluding tert-OH is 1. The van der Waals surface area contributed by atoms with Gasteiger partial charge < -0.3 is 15.3 Å². The molecule has 4 nitrogen and oxygen atoms in total. The third kappa shape index (κ3) is 4.54. The van der Waals surface area contributed by atoms with E-state index in [1.807, 2.05) is 0 Å². The number of halogens is 5. The van der Waals surface area contributed by atoms with Gasteiger partial charge in [-0.25, -0.2) is 13.6 Å². The molecule has 1 aromatic carbocycles. The molecule has 0 spiro atoms. The van der Waals surface area contributed by atoms with Gasteiger partial charge in [0, 0.05) is 24.8 Å². The average Bonchev–Trinajstić information content (AvgIpc) is 2.44. The minimum absolute atomic E-state index is 0.00832. The SMILES string of the molecule is O=C(Nc1cc(F)cc(F)c1)N1CCC(C(O)C(F)(F)F)CC1. The summed E-state index contributed by atoms with van der Waals surface area (Å²) in [6.45, 7) is 0.0306. The molecule has 0 aliphatic carbocycles.